The molecule has 0 saturated heterocycles. The molecule has 0 unspecified atom stereocenters. The van der Waals surface area contributed by atoms with Crippen LogP contribution in [0.15, 0.2) is 24.3 Å². The Morgan fingerprint density at radius 1 is 1.30 bits per heavy atom. The third-order valence-corrected chi connectivity index (χ3v) is 3.25. The van der Waals surface area contributed by atoms with E-state index in [0.29, 0.717) is 18.0 Å². The molecule has 2 rings (SSSR count). The summed E-state index contributed by atoms with van der Waals surface area (Å²) in [6.07, 6.45) is 2.31. The van der Waals surface area contributed by atoms with Crippen molar-refractivity contribution in [3.05, 3.63) is 24.3 Å². The molecule has 0 aliphatic heterocycles. The summed E-state index contributed by atoms with van der Waals surface area (Å²) in [7, 11) is 0. The molecule has 1 aliphatic carbocycles. The maximum Gasteiger partial charge on any atom is 0.341 e. The maximum atomic E-state index is 11.7. The van der Waals surface area contributed by atoms with Gasteiger partial charge < -0.3 is 20.5 Å². The van der Waals surface area contributed by atoms with Crippen LogP contribution >= 0.6 is 0 Å². The van der Waals surface area contributed by atoms with Crippen molar-refractivity contribution in [2.75, 3.05) is 18.5 Å². The summed E-state index contributed by atoms with van der Waals surface area (Å²) in [6.45, 7) is 2.44. The molecule has 1 saturated carbocycles. The van der Waals surface area contributed by atoms with Gasteiger partial charge in [-0.05, 0) is 42.5 Å². The molecule has 3 N–H and O–H groups in total. The number of amides is 2. The molecular weight excluding hydrogens is 260 g/mol. The fourth-order valence-electron chi connectivity index (χ4n) is 1.64. The van der Waals surface area contributed by atoms with Crippen molar-refractivity contribution in [1.29, 1.82) is 0 Å². The van der Waals surface area contributed by atoms with E-state index in [2.05, 4.69) is 17.6 Å². The first kappa shape index (κ1) is 14.2. The summed E-state index contributed by atoms with van der Waals surface area (Å²) >= 11 is 0. The number of hydrogen-bond donors (Lipinski definition) is 3. The Labute approximate surface area is 117 Å². The van der Waals surface area contributed by atoms with Crippen LogP contribution in [0, 0.1) is 5.41 Å². The highest BCUT2D eigenvalue weighted by Crippen LogP contribution is 2.43. The van der Waals surface area contributed by atoms with Crippen LogP contribution in [0.3, 0.4) is 0 Å². The molecule has 6 nitrogen and oxygen atoms in total. The highest BCUT2D eigenvalue weighted by Gasteiger charge is 2.37. The number of rotatable bonds is 6. The molecule has 1 aromatic rings. The lowest BCUT2D eigenvalue weighted by molar-refractivity contribution is -0.139. The lowest BCUT2D eigenvalue weighted by Gasteiger charge is -2.11. The first-order valence-corrected chi connectivity index (χ1v) is 6.46. The minimum atomic E-state index is -1.03. The predicted molar refractivity (Wildman–Crippen MR) is 73.9 cm³/mol. The molecule has 0 aromatic heterocycles. The van der Waals surface area contributed by atoms with Crippen LogP contribution in [-0.4, -0.2) is 30.3 Å². The number of carboxylic acids is 1. The topological polar surface area (TPSA) is 87.7 Å². The van der Waals surface area contributed by atoms with Crippen molar-refractivity contribution in [2.45, 2.75) is 19.8 Å². The molecule has 0 bridgehead atoms. The Morgan fingerprint density at radius 2 is 1.95 bits per heavy atom. The second-order valence-corrected chi connectivity index (χ2v) is 5.33. The van der Waals surface area contributed by atoms with E-state index < -0.39 is 5.97 Å². The van der Waals surface area contributed by atoms with E-state index >= 15 is 0 Å². The van der Waals surface area contributed by atoms with E-state index in [1.807, 2.05) is 0 Å². The van der Waals surface area contributed by atoms with Gasteiger partial charge in [-0.3, -0.25) is 0 Å². The quantitative estimate of drug-likeness (QED) is 0.743. The van der Waals surface area contributed by atoms with Gasteiger partial charge in [-0.25, -0.2) is 9.59 Å². The number of urea groups is 1. The van der Waals surface area contributed by atoms with E-state index in [1.54, 1.807) is 24.3 Å². The molecule has 0 radical (unpaired) electrons. The number of anilines is 1. The fourth-order valence-corrected chi connectivity index (χ4v) is 1.64. The van der Waals surface area contributed by atoms with Crippen molar-refractivity contribution in [3.8, 4) is 5.75 Å². The van der Waals surface area contributed by atoms with Crippen molar-refractivity contribution in [3.63, 3.8) is 0 Å². The second kappa shape index (κ2) is 5.81. The Kier molecular flexibility index (Phi) is 4.12. The highest BCUT2D eigenvalue weighted by atomic mass is 16.5. The van der Waals surface area contributed by atoms with Gasteiger partial charge in [0, 0.05) is 12.2 Å². The first-order valence-electron chi connectivity index (χ1n) is 6.46. The summed E-state index contributed by atoms with van der Waals surface area (Å²) in [4.78, 5) is 22.0. The van der Waals surface area contributed by atoms with Crippen LogP contribution in [0.5, 0.6) is 5.75 Å². The first-order chi connectivity index (χ1) is 9.47. The largest absolute Gasteiger partial charge is 0.482 e. The average molecular weight is 278 g/mol. The average Bonchev–Trinajstić information content (AvgIpc) is 3.14. The van der Waals surface area contributed by atoms with Crippen LogP contribution in [0.2, 0.25) is 0 Å². The van der Waals surface area contributed by atoms with E-state index in [1.165, 1.54) is 0 Å². The minimum absolute atomic E-state index is 0.239. The van der Waals surface area contributed by atoms with Gasteiger partial charge in [0.15, 0.2) is 6.61 Å². The lowest BCUT2D eigenvalue weighted by atomic mass is 10.1. The Morgan fingerprint density at radius 3 is 2.50 bits per heavy atom. The molecular formula is C14H18N2O4. The van der Waals surface area contributed by atoms with Crippen LogP contribution in [0.1, 0.15) is 19.8 Å². The van der Waals surface area contributed by atoms with Gasteiger partial charge in [0.2, 0.25) is 0 Å². The van der Waals surface area contributed by atoms with Gasteiger partial charge >= 0.3 is 12.0 Å². The third kappa shape index (κ3) is 4.46. The maximum absolute atomic E-state index is 11.7. The molecule has 1 fully saturated rings. The van der Waals surface area contributed by atoms with Crippen LogP contribution in [0.4, 0.5) is 10.5 Å². The molecule has 6 heteroatoms. The van der Waals surface area contributed by atoms with E-state index in [4.69, 9.17) is 9.84 Å². The van der Waals surface area contributed by atoms with Gasteiger partial charge in [0.25, 0.3) is 0 Å². The van der Waals surface area contributed by atoms with Crippen molar-refractivity contribution in [1.82, 2.24) is 5.32 Å². The zero-order valence-corrected chi connectivity index (χ0v) is 11.3. The van der Waals surface area contributed by atoms with Crippen LogP contribution in [-0.2, 0) is 4.79 Å². The SMILES string of the molecule is CC1(CNC(=O)Nc2ccc(OCC(=O)O)cc2)CC1. The normalized spacial score (nSPS) is 15.2. The van der Waals surface area contributed by atoms with Gasteiger partial charge in [0.1, 0.15) is 5.75 Å². The molecule has 0 heterocycles. The number of ether oxygens (including phenoxy) is 1. The van der Waals surface area contributed by atoms with Gasteiger partial charge in [-0.1, -0.05) is 6.92 Å². The van der Waals surface area contributed by atoms with E-state index in [-0.39, 0.29) is 18.1 Å². The molecule has 0 spiro atoms. The molecule has 20 heavy (non-hydrogen) atoms. The number of benzene rings is 1. The van der Waals surface area contributed by atoms with Gasteiger partial charge in [-0.15, -0.1) is 0 Å². The minimum Gasteiger partial charge on any atom is -0.482 e. The van der Waals surface area contributed by atoms with E-state index in [0.717, 1.165) is 12.8 Å². The second-order valence-electron chi connectivity index (χ2n) is 5.33. The fraction of sp³-hybridized carbons (Fsp3) is 0.429. The number of aliphatic carboxylic acids is 1. The van der Waals surface area contributed by atoms with Crippen molar-refractivity contribution < 1.29 is 19.4 Å². The molecule has 0 atom stereocenters. The Hall–Kier alpha value is -2.24. The van der Waals surface area contributed by atoms with Crippen LogP contribution in [0.25, 0.3) is 0 Å². The summed E-state index contributed by atoms with van der Waals surface area (Å²) < 4.78 is 5.00. The number of carbonyl (C=O) groups is 2. The summed E-state index contributed by atoms with van der Waals surface area (Å²) in [5, 5.41) is 14.0. The van der Waals surface area contributed by atoms with Gasteiger partial charge in [-0.2, -0.15) is 0 Å². The summed E-state index contributed by atoms with van der Waals surface area (Å²) in [5.41, 5.74) is 0.900. The number of carbonyl (C=O) groups excluding carboxylic acids is 1. The number of nitrogens with one attached hydrogen (secondary N) is 2. The lowest BCUT2D eigenvalue weighted by Crippen LogP contribution is -2.32. The highest BCUT2D eigenvalue weighted by molar-refractivity contribution is 5.89. The standard InChI is InChI=1S/C14H18N2O4/c1-14(6-7-14)9-15-13(19)16-10-2-4-11(5-3-10)20-8-12(17)18/h2-5H,6-9H2,1H3,(H,17,18)(H2,15,16,19). The third-order valence-electron chi connectivity index (χ3n) is 3.25. The monoisotopic (exact) mass is 278 g/mol. The Bertz CT molecular complexity index is 494. The molecule has 1 aliphatic rings. The van der Waals surface area contributed by atoms with Crippen molar-refractivity contribution in [2.24, 2.45) is 5.41 Å². The smallest absolute Gasteiger partial charge is 0.341 e. The predicted octanol–water partition coefficient (Wildman–Crippen LogP) is 2.07. The molecule has 108 valence electrons. The van der Waals surface area contributed by atoms with Crippen molar-refractivity contribution >= 4 is 17.7 Å². The Balaban J connectivity index is 1.77. The summed E-state index contributed by atoms with van der Waals surface area (Å²) in [6, 6.07) is 6.31. The summed E-state index contributed by atoms with van der Waals surface area (Å²) in [5.74, 6) is -0.580. The van der Waals surface area contributed by atoms with Gasteiger partial charge in [0.05, 0.1) is 0 Å². The molecule has 1 aromatic carbocycles. The van der Waals surface area contributed by atoms with Crippen LogP contribution < -0.4 is 15.4 Å². The zero-order chi connectivity index (χ0) is 14.6. The van der Waals surface area contributed by atoms with E-state index in [9.17, 15) is 9.59 Å². The molecule has 2 amide bonds. The number of carboxylic acid groups (broad SMARTS) is 1. The zero-order valence-electron chi connectivity index (χ0n) is 11.3. The number of hydrogen-bond acceptors (Lipinski definition) is 3.